The van der Waals surface area contributed by atoms with Gasteiger partial charge in [0.25, 0.3) is 0 Å². The van der Waals surface area contributed by atoms with Gasteiger partial charge >= 0.3 is 5.97 Å². The Morgan fingerprint density at radius 1 is 1.35 bits per heavy atom. The molecule has 0 saturated carbocycles. The van der Waals surface area contributed by atoms with Crippen molar-refractivity contribution in [3.63, 3.8) is 0 Å². The number of rotatable bonds is 6. The highest BCUT2D eigenvalue weighted by Gasteiger charge is 2.13. The first kappa shape index (κ1) is 16.3. The van der Waals surface area contributed by atoms with Crippen LogP contribution in [0, 0.1) is 5.92 Å². The Morgan fingerprint density at radius 3 is 2.50 bits per heavy atom. The van der Waals surface area contributed by atoms with Crippen LogP contribution in [0.5, 0.6) is 0 Å². The molecule has 5 nitrogen and oxygen atoms in total. The van der Waals surface area contributed by atoms with Crippen molar-refractivity contribution in [1.82, 2.24) is 0 Å². The molecule has 6 heteroatoms. The van der Waals surface area contributed by atoms with Crippen LogP contribution in [0.4, 0.5) is 11.4 Å². The second-order valence-electron chi connectivity index (χ2n) is 5.02. The summed E-state index contributed by atoms with van der Waals surface area (Å²) in [4.78, 5) is 24.2. The van der Waals surface area contributed by atoms with E-state index in [1.54, 1.807) is 19.1 Å². The zero-order valence-electron chi connectivity index (χ0n) is 11.8. The topological polar surface area (TPSA) is 69.6 Å². The van der Waals surface area contributed by atoms with E-state index in [9.17, 15) is 9.59 Å². The lowest BCUT2D eigenvalue weighted by Gasteiger charge is -2.15. The smallest absolute Gasteiger partial charge is 0.303 e. The summed E-state index contributed by atoms with van der Waals surface area (Å²) in [5.41, 5.74) is 1.47. The van der Waals surface area contributed by atoms with Gasteiger partial charge in [-0.3, -0.25) is 9.59 Å². The first-order valence-corrected chi connectivity index (χ1v) is 6.66. The summed E-state index contributed by atoms with van der Waals surface area (Å²) in [6.07, 6.45) is 0.146. The number of halogens is 1. The lowest BCUT2D eigenvalue weighted by atomic mass is 10.0. The predicted octanol–water partition coefficient (Wildman–Crippen LogP) is 2.85. The fraction of sp³-hybridized carbons (Fsp3) is 0.429. The number of carboxylic acids is 1. The van der Waals surface area contributed by atoms with Crippen LogP contribution in [0.25, 0.3) is 0 Å². The summed E-state index contributed by atoms with van der Waals surface area (Å²) in [5.74, 6) is -1.32. The molecule has 110 valence electrons. The van der Waals surface area contributed by atoms with Crippen molar-refractivity contribution in [2.75, 3.05) is 24.3 Å². The Kier molecular flexibility index (Phi) is 5.82. The molecule has 1 aromatic rings. The monoisotopic (exact) mass is 298 g/mol. The molecule has 0 spiro atoms. The van der Waals surface area contributed by atoms with Gasteiger partial charge in [-0.2, -0.15) is 0 Å². The third kappa shape index (κ3) is 5.09. The highest BCUT2D eigenvalue weighted by atomic mass is 35.5. The van der Waals surface area contributed by atoms with Gasteiger partial charge in [-0.25, -0.2) is 0 Å². The lowest BCUT2D eigenvalue weighted by molar-refractivity contribution is -0.138. The van der Waals surface area contributed by atoms with E-state index in [2.05, 4.69) is 5.32 Å². The van der Waals surface area contributed by atoms with Gasteiger partial charge in [0.1, 0.15) is 0 Å². The Hall–Kier alpha value is -1.75. The van der Waals surface area contributed by atoms with Crippen molar-refractivity contribution in [1.29, 1.82) is 0 Å². The zero-order chi connectivity index (χ0) is 15.3. The van der Waals surface area contributed by atoms with E-state index in [0.717, 1.165) is 5.69 Å². The van der Waals surface area contributed by atoms with Crippen LogP contribution in [0.1, 0.15) is 19.8 Å². The van der Waals surface area contributed by atoms with E-state index in [0.29, 0.717) is 10.7 Å². The molecule has 1 unspecified atom stereocenters. The maximum absolute atomic E-state index is 11.8. The molecule has 2 N–H and O–H groups in total. The van der Waals surface area contributed by atoms with Crippen LogP contribution in [0.2, 0.25) is 5.02 Å². The first-order chi connectivity index (χ1) is 9.29. The second-order valence-corrected chi connectivity index (χ2v) is 5.42. The van der Waals surface area contributed by atoms with Gasteiger partial charge in [0.15, 0.2) is 0 Å². The summed E-state index contributed by atoms with van der Waals surface area (Å²) in [6, 6.07) is 5.26. The van der Waals surface area contributed by atoms with Gasteiger partial charge in [-0.05, 0) is 24.1 Å². The summed E-state index contributed by atoms with van der Waals surface area (Å²) in [7, 11) is 3.76. The Bertz CT molecular complexity index is 503. The maximum atomic E-state index is 11.8. The minimum absolute atomic E-state index is 0.0201. The van der Waals surface area contributed by atoms with Crippen molar-refractivity contribution >= 4 is 34.9 Å². The number of carboxylic acid groups (broad SMARTS) is 1. The number of nitrogens with one attached hydrogen (secondary N) is 1. The van der Waals surface area contributed by atoms with Gasteiger partial charge in [-0.1, -0.05) is 18.5 Å². The van der Waals surface area contributed by atoms with E-state index in [1.807, 2.05) is 25.1 Å². The molecule has 0 radical (unpaired) electrons. The minimum Gasteiger partial charge on any atom is -0.481 e. The number of nitrogens with zero attached hydrogens (tertiary/aromatic N) is 1. The van der Waals surface area contributed by atoms with E-state index < -0.39 is 5.97 Å². The van der Waals surface area contributed by atoms with Gasteiger partial charge in [0, 0.05) is 32.6 Å². The molecule has 20 heavy (non-hydrogen) atoms. The van der Waals surface area contributed by atoms with Gasteiger partial charge < -0.3 is 15.3 Å². The number of carbonyl (C=O) groups is 2. The molecule has 0 aliphatic carbocycles. The molecule has 1 rings (SSSR count). The SMILES string of the molecule is CC(CC(=O)O)CC(=O)Nc1ccc(N(C)C)c(Cl)c1. The quantitative estimate of drug-likeness (QED) is 0.847. The van der Waals surface area contributed by atoms with Crippen LogP contribution in [-0.2, 0) is 9.59 Å². The molecule has 1 amide bonds. The summed E-state index contributed by atoms with van der Waals surface area (Å²) in [6.45, 7) is 1.73. The molecule has 0 heterocycles. The molecular formula is C14H19ClN2O3. The predicted molar refractivity (Wildman–Crippen MR) is 80.4 cm³/mol. The largest absolute Gasteiger partial charge is 0.481 e. The molecule has 0 aliphatic rings. The van der Waals surface area contributed by atoms with E-state index in [4.69, 9.17) is 16.7 Å². The summed E-state index contributed by atoms with van der Waals surface area (Å²) >= 11 is 6.11. The highest BCUT2D eigenvalue weighted by molar-refractivity contribution is 6.33. The van der Waals surface area contributed by atoms with Crippen LogP contribution >= 0.6 is 11.6 Å². The van der Waals surface area contributed by atoms with Crippen LogP contribution < -0.4 is 10.2 Å². The highest BCUT2D eigenvalue weighted by Crippen LogP contribution is 2.27. The Morgan fingerprint density at radius 2 is 2.00 bits per heavy atom. The number of amides is 1. The number of anilines is 2. The normalized spacial score (nSPS) is 11.8. The van der Waals surface area contributed by atoms with Crippen molar-refractivity contribution in [2.45, 2.75) is 19.8 Å². The molecule has 0 fully saturated rings. The maximum Gasteiger partial charge on any atom is 0.303 e. The number of carbonyl (C=O) groups excluding carboxylic acids is 1. The van der Waals surface area contributed by atoms with E-state index in [1.165, 1.54) is 0 Å². The van der Waals surface area contributed by atoms with Crippen LogP contribution in [-0.4, -0.2) is 31.1 Å². The van der Waals surface area contributed by atoms with Crippen LogP contribution in [0.3, 0.4) is 0 Å². The zero-order valence-corrected chi connectivity index (χ0v) is 12.6. The summed E-state index contributed by atoms with van der Waals surface area (Å²) < 4.78 is 0. The van der Waals surface area contributed by atoms with Crippen molar-refractivity contribution in [2.24, 2.45) is 5.92 Å². The average molecular weight is 299 g/mol. The number of hydrogen-bond acceptors (Lipinski definition) is 3. The molecule has 0 bridgehead atoms. The van der Waals surface area contributed by atoms with E-state index >= 15 is 0 Å². The number of benzene rings is 1. The second kappa shape index (κ2) is 7.14. The van der Waals surface area contributed by atoms with Crippen LogP contribution in [0.15, 0.2) is 18.2 Å². The average Bonchev–Trinajstić information content (AvgIpc) is 2.26. The molecule has 1 aromatic carbocycles. The fourth-order valence-electron chi connectivity index (χ4n) is 1.85. The Balaban J connectivity index is 2.62. The number of hydrogen-bond donors (Lipinski definition) is 2. The van der Waals surface area contributed by atoms with Gasteiger partial charge in [0.05, 0.1) is 10.7 Å². The van der Waals surface area contributed by atoms with Gasteiger partial charge in [-0.15, -0.1) is 0 Å². The first-order valence-electron chi connectivity index (χ1n) is 6.28. The molecule has 0 aromatic heterocycles. The summed E-state index contributed by atoms with van der Waals surface area (Å²) in [5, 5.41) is 11.9. The third-order valence-corrected chi connectivity index (χ3v) is 3.07. The molecule has 0 saturated heterocycles. The standard InChI is InChI=1S/C14H19ClN2O3/c1-9(7-14(19)20)6-13(18)16-10-4-5-12(17(2)3)11(15)8-10/h4-5,8-9H,6-7H2,1-3H3,(H,16,18)(H,19,20). The molecule has 0 aliphatic heterocycles. The third-order valence-electron chi connectivity index (χ3n) is 2.77. The number of aliphatic carboxylic acids is 1. The van der Waals surface area contributed by atoms with Crippen molar-refractivity contribution < 1.29 is 14.7 Å². The lowest BCUT2D eigenvalue weighted by Crippen LogP contribution is -2.17. The van der Waals surface area contributed by atoms with Crippen molar-refractivity contribution in [3.8, 4) is 0 Å². The van der Waals surface area contributed by atoms with Crippen molar-refractivity contribution in [3.05, 3.63) is 23.2 Å². The van der Waals surface area contributed by atoms with Gasteiger partial charge in [0.2, 0.25) is 5.91 Å². The molecular weight excluding hydrogens is 280 g/mol. The Labute approximate surface area is 123 Å². The molecule has 1 atom stereocenters. The minimum atomic E-state index is -0.899. The van der Waals surface area contributed by atoms with E-state index in [-0.39, 0.29) is 24.7 Å². The fourth-order valence-corrected chi connectivity index (χ4v) is 2.20.